The smallest absolute Gasteiger partial charge is 0.410 e. The highest BCUT2D eigenvalue weighted by Gasteiger charge is 2.34. The molecule has 2 atom stereocenters. The Morgan fingerprint density at radius 1 is 1.18 bits per heavy atom. The van der Waals surface area contributed by atoms with Gasteiger partial charge in [0.25, 0.3) is 0 Å². The SMILES string of the molecule is C[C@@H]1CN(C(=O)OC(C)(C)C)C[C@H](C)N1CC(=O)Nc1ccc(N2CCC(=O)NC2=O)nc1. The molecule has 5 amide bonds. The number of aromatic nitrogens is 1. The van der Waals surface area contributed by atoms with E-state index in [1.807, 2.05) is 39.5 Å². The van der Waals surface area contributed by atoms with Gasteiger partial charge in [0.15, 0.2) is 0 Å². The lowest BCUT2D eigenvalue weighted by atomic mass is 10.1. The summed E-state index contributed by atoms with van der Waals surface area (Å²) in [4.78, 5) is 57.6. The Balaban J connectivity index is 1.54. The second-order valence-corrected chi connectivity index (χ2v) is 9.46. The van der Waals surface area contributed by atoms with E-state index in [4.69, 9.17) is 4.74 Å². The van der Waals surface area contributed by atoms with Gasteiger partial charge in [0.1, 0.15) is 11.4 Å². The second-order valence-electron chi connectivity index (χ2n) is 9.46. The molecule has 11 nitrogen and oxygen atoms in total. The van der Waals surface area contributed by atoms with Gasteiger partial charge in [-0.3, -0.25) is 24.7 Å². The lowest BCUT2D eigenvalue weighted by Gasteiger charge is -2.44. The monoisotopic (exact) mass is 460 g/mol. The predicted molar refractivity (Wildman–Crippen MR) is 122 cm³/mol. The van der Waals surface area contributed by atoms with Crippen LogP contribution in [0.15, 0.2) is 18.3 Å². The quantitative estimate of drug-likeness (QED) is 0.702. The van der Waals surface area contributed by atoms with Crippen molar-refractivity contribution in [1.82, 2.24) is 20.1 Å². The number of nitrogens with one attached hydrogen (secondary N) is 2. The fourth-order valence-corrected chi connectivity index (χ4v) is 3.91. The number of imide groups is 1. The van der Waals surface area contributed by atoms with Gasteiger partial charge < -0.3 is 15.0 Å². The maximum Gasteiger partial charge on any atom is 0.410 e. The summed E-state index contributed by atoms with van der Waals surface area (Å²) in [6.07, 6.45) is 1.34. The van der Waals surface area contributed by atoms with Crippen LogP contribution in [0, 0.1) is 0 Å². The first-order chi connectivity index (χ1) is 15.4. The van der Waals surface area contributed by atoms with Crippen molar-refractivity contribution in [1.29, 1.82) is 0 Å². The number of urea groups is 1. The molecule has 0 aliphatic carbocycles. The molecule has 0 saturated carbocycles. The van der Waals surface area contributed by atoms with Crippen molar-refractivity contribution >= 4 is 35.4 Å². The van der Waals surface area contributed by atoms with E-state index in [0.717, 1.165) is 0 Å². The number of amides is 5. The van der Waals surface area contributed by atoms with Crippen molar-refractivity contribution in [3.05, 3.63) is 18.3 Å². The lowest BCUT2D eigenvalue weighted by Crippen LogP contribution is -2.59. The number of pyridine rings is 1. The number of carbonyl (C=O) groups is 4. The first-order valence-electron chi connectivity index (χ1n) is 11.0. The van der Waals surface area contributed by atoms with Crippen molar-refractivity contribution in [3.63, 3.8) is 0 Å². The number of rotatable bonds is 4. The summed E-state index contributed by atoms with van der Waals surface area (Å²) >= 11 is 0. The summed E-state index contributed by atoms with van der Waals surface area (Å²) in [5, 5.41) is 5.07. The Morgan fingerprint density at radius 2 is 1.85 bits per heavy atom. The van der Waals surface area contributed by atoms with Crippen LogP contribution in [0.1, 0.15) is 41.0 Å². The minimum Gasteiger partial charge on any atom is -0.444 e. The topological polar surface area (TPSA) is 124 Å². The maximum absolute atomic E-state index is 12.7. The second kappa shape index (κ2) is 9.74. The normalized spacial score (nSPS) is 22.1. The molecule has 2 fully saturated rings. The Hall–Kier alpha value is -3.21. The predicted octanol–water partition coefficient (Wildman–Crippen LogP) is 1.80. The van der Waals surface area contributed by atoms with E-state index in [0.29, 0.717) is 24.6 Å². The number of anilines is 2. The van der Waals surface area contributed by atoms with E-state index in [2.05, 4.69) is 15.6 Å². The fourth-order valence-electron chi connectivity index (χ4n) is 3.91. The molecule has 2 aliphatic rings. The molecule has 1 aromatic rings. The van der Waals surface area contributed by atoms with Crippen LogP contribution >= 0.6 is 0 Å². The number of hydrogen-bond donors (Lipinski definition) is 2. The molecule has 2 N–H and O–H groups in total. The van der Waals surface area contributed by atoms with Crippen LogP contribution < -0.4 is 15.5 Å². The zero-order chi connectivity index (χ0) is 24.3. The van der Waals surface area contributed by atoms with E-state index in [1.54, 1.807) is 17.0 Å². The lowest BCUT2D eigenvalue weighted by molar-refractivity contribution is -0.120. The van der Waals surface area contributed by atoms with Crippen molar-refractivity contribution < 1.29 is 23.9 Å². The fraction of sp³-hybridized carbons (Fsp3) is 0.591. The Morgan fingerprint density at radius 3 is 2.39 bits per heavy atom. The number of ether oxygens (including phenoxy) is 1. The van der Waals surface area contributed by atoms with Gasteiger partial charge in [-0.1, -0.05) is 0 Å². The zero-order valence-corrected chi connectivity index (χ0v) is 19.8. The van der Waals surface area contributed by atoms with Crippen molar-refractivity contribution in [2.24, 2.45) is 0 Å². The molecule has 180 valence electrons. The van der Waals surface area contributed by atoms with E-state index in [9.17, 15) is 19.2 Å². The van der Waals surface area contributed by atoms with Crippen LogP contribution in [0.25, 0.3) is 0 Å². The van der Waals surface area contributed by atoms with Crippen molar-refractivity contribution in [2.75, 3.05) is 36.4 Å². The van der Waals surface area contributed by atoms with Crippen LogP contribution in [0.4, 0.5) is 21.1 Å². The highest BCUT2D eigenvalue weighted by molar-refractivity contribution is 6.05. The molecule has 33 heavy (non-hydrogen) atoms. The molecule has 11 heteroatoms. The summed E-state index contributed by atoms with van der Waals surface area (Å²) in [6.45, 7) is 10.8. The largest absolute Gasteiger partial charge is 0.444 e. The van der Waals surface area contributed by atoms with Crippen LogP contribution in [0.5, 0.6) is 0 Å². The van der Waals surface area contributed by atoms with E-state index < -0.39 is 11.6 Å². The summed E-state index contributed by atoms with van der Waals surface area (Å²) in [6, 6.07) is 2.73. The molecule has 0 aromatic carbocycles. The minimum atomic E-state index is -0.556. The first-order valence-corrected chi connectivity index (χ1v) is 11.0. The van der Waals surface area contributed by atoms with Gasteiger partial charge in [-0.05, 0) is 46.8 Å². The summed E-state index contributed by atoms with van der Waals surface area (Å²) in [7, 11) is 0. The van der Waals surface area contributed by atoms with Gasteiger partial charge in [0.2, 0.25) is 11.8 Å². The van der Waals surface area contributed by atoms with Gasteiger partial charge >= 0.3 is 12.1 Å². The molecular formula is C22H32N6O5. The summed E-state index contributed by atoms with van der Waals surface area (Å²) in [5.41, 5.74) is -0.0516. The van der Waals surface area contributed by atoms with Gasteiger partial charge in [-0.25, -0.2) is 14.6 Å². The van der Waals surface area contributed by atoms with Gasteiger partial charge in [0.05, 0.1) is 18.4 Å². The van der Waals surface area contributed by atoms with Crippen LogP contribution in [0.2, 0.25) is 0 Å². The number of hydrogen-bond acceptors (Lipinski definition) is 7. The maximum atomic E-state index is 12.7. The molecule has 1 aromatic heterocycles. The number of carbonyl (C=O) groups excluding carboxylic acids is 4. The van der Waals surface area contributed by atoms with E-state index in [1.165, 1.54) is 11.1 Å². The summed E-state index contributed by atoms with van der Waals surface area (Å²) in [5.74, 6) is -0.107. The van der Waals surface area contributed by atoms with Crippen LogP contribution in [-0.4, -0.2) is 82.6 Å². The average Bonchev–Trinajstić information content (AvgIpc) is 2.70. The summed E-state index contributed by atoms with van der Waals surface area (Å²) < 4.78 is 5.47. The molecule has 3 rings (SSSR count). The Labute approximate surface area is 193 Å². The molecule has 3 heterocycles. The zero-order valence-electron chi connectivity index (χ0n) is 19.8. The Bertz CT molecular complexity index is 901. The number of piperazine rings is 1. The third kappa shape index (κ3) is 6.41. The third-order valence-electron chi connectivity index (χ3n) is 5.44. The molecule has 0 unspecified atom stereocenters. The molecule has 0 bridgehead atoms. The minimum absolute atomic E-state index is 0.0205. The van der Waals surface area contributed by atoms with E-state index >= 15 is 0 Å². The molecule has 0 radical (unpaired) electrons. The Kier molecular flexibility index (Phi) is 7.21. The number of nitrogens with zero attached hydrogens (tertiary/aromatic N) is 4. The molecule has 2 saturated heterocycles. The third-order valence-corrected chi connectivity index (χ3v) is 5.44. The van der Waals surface area contributed by atoms with E-state index in [-0.39, 0.29) is 49.5 Å². The molecule has 2 aliphatic heterocycles. The van der Waals surface area contributed by atoms with Crippen molar-refractivity contribution in [2.45, 2.75) is 58.7 Å². The highest BCUT2D eigenvalue weighted by atomic mass is 16.6. The molecular weight excluding hydrogens is 428 g/mol. The molecule has 0 spiro atoms. The highest BCUT2D eigenvalue weighted by Crippen LogP contribution is 2.20. The van der Waals surface area contributed by atoms with Gasteiger partial charge in [-0.15, -0.1) is 0 Å². The van der Waals surface area contributed by atoms with Gasteiger partial charge in [0, 0.05) is 38.1 Å². The first kappa shape index (κ1) is 24.4. The van der Waals surface area contributed by atoms with Crippen LogP contribution in [0.3, 0.4) is 0 Å². The average molecular weight is 461 g/mol. The van der Waals surface area contributed by atoms with Crippen molar-refractivity contribution in [3.8, 4) is 0 Å². The van der Waals surface area contributed by atoms with Gasteiger partial charge in [-0.2, -0.15) is 0 Å². The standard InChI is InChI=1S/C22H32N6O5/c1-14-11-26(21(32)33-22(3,4)5)12-15(2)28(14)13-19(30)24-16-6-7-17(23-10-16)27-9-8-18(29)25-20(27)31/h6-7,10,14-15H,8-9,11-13H2,1-5H3,(H,24,30)(H,25,29,31)/t14-,15+. The van der Waals surface area contributed by atoms with Crippen LogP contribution in [-0.2, 0) is 14.3 Å².